The summed E-state index contributed by atoms with van der Waals surface area (Å²) in [5.41, 5.74) is 2.57. The summed E-state index contributed by atoms with van der Waals surface area (Å²) in [4.78, 5) is 33.9. The zero-order valence-electron chi connectivity index (χ0n) is 22.1. The van der Waals surface area contributed by atoms with Crippen molar-refractivity contribution in [3.8, 4) is 0 Å². The molecule has 3 aromatic rings. The van der Waals surface area contributed by atoms with Crippen LogP contribution in [0.25, 0.3) is 10.8 Å². The molecule has 1 fully saturated rings. The molecule has 2 aliphatic heterocycles. The maximum Gasteiger partial charge on any atom is 0.282 e. The molecule has 1 aromatic heterocycles. The predicted molar refractivity (Wildman–Crippen MR) is 150 cm³/mol. The lowest BCUT2D eigenvalue weighted by atomic mass is 9.93. The minimum absolute atomic E-state index is 0.339. The molecule has 0 spiro atoms. The number of carbonyl (C=O) groups excluding carboxylic acids is 2. The van der Waals surface area contributed by atoms with Crippen molar-refractivity contribution < 1.29 is 14.3 Å². The normalized spacial score (nSPS) is 15.9. The number of amides is 2. The first-order chi connectivity index (χ1) is 18.5. The third-order valence-corrected chi connectivity index (χ3v) is 7.57. The molecule has 0 radical (unpaired) electrons. The molecule has 0 aliphatic carbocycles. The molecule has 2 aromatic carbocycles. The van der Waals surface area contributed by atoms with E-state index in [2.05, 4.69) is 33.4 Å². The molecule has 1 saturated heterocycles. The average Bonchev–Trinajstić information content (AvgIpc) is 3.24. The number of rotatable bonds is 10. The number of imidazole rings is 1. The number of hydrogen-bond acceptors (Lipinski definition) is 6. The van der Waals surface area contributed by atoms with Crippen molar-refractivity contribution in [3.05, 3.63) is 58.1 Å². The minimum Gasteiger partial charge on any atom is -0.378 e. The van der Waals surface area contributed by atoms with Gasteiger partial charge in [0.2, 0.25) is 0 Å². The van der Waals surface area contributed by atoms with Crippen molar-refractivity contribution >= 4 is 46.1 Å². The second-order valence-corrected chi connectivity index (χ2v) is 10.2. The fourth-order valence-electron chi connectivity index (χ4n) is 5.26. The summed E-state index contributed by atoms with van der Waals surface area (Å²) < 4.78 is 7.58. The highest BCUT2D eigenvalue weighted by Gasteiger charge is 2.34. The van der Waals surface area contributed by atoms with Gasteiger partial charge in [-0.15, -0.1) is 0 Å². The lowest BCUT2D eigenvalue weighted by molar-refractivity contribution is 0.0616. The molecule has 200 valence electrons. The van der Waals surface area contributed by atoms with Crippen LogP contribution in [0.5, 0.6) is 0 Å². The van der Waals surface area contributed by atoms with E-state index in [4.69, 9.17) is 16.3 Å². The van der Waals surface area contributed by atoms with Gasteiger partial charge in [-0.1, -0.05) is 56.8 Å². The molecule has 0 bridgehead atoms. The van der Waals surface area contributed by atoms with Gasteiger partial charge in [0.1, 0.15) is 11.5 Å². The molecule has 2 amide bonds. The number of hydrogen-bond donors (Lipinski definition) is 0. The fourth-order valence-corrected chi connectivity index (χ4v) is 5.51. The second kappa shape index (κ2) is 11.7. The number of halogens is 1. The van der Waals surface area contributed by atoms with Gasteiger partial charge in [-0.2, -0.15) is 10.1 Å². The van der Waals surface area contributed by atoms with Gasteiger partial charge in [0.05, 0.1) is 30.6 Å². The first kappa shape index (κ1) is 26.4. The number of ether oxygens (including phenoxy) is 1. The zero-order chi connectivity index (χ0) is 26.6. The Bertz CT molecular complexity index is 1350. The van der Waals surface area contributed by atoms with Crippen LogP contribution in [0.3, 0.4) is 0 Å². The Morgan fingerprint density at radius 1 is 1.00 bits per heavy atom. The summed E-state index contributed by atoms with van der Waals surface area (Å²) >= 11 is 6.54. The minimum atomic E-state index is -0.442. The smallest absolute Gasteiger partial charge is 0.282 e. The van der Waals surface area contributed by atoms with E-state index >= 15 is 0 Å². The molecule has 0 saturated carbocycles. The van der Waals surface area contributed by atoms with E-state index in [1.54, 1.807) is 12.1 Å². The van der Waals surface area contributed by atoms with E-state index < -0.39 is 11.8 Å². The molecule has 2 aliphatic rings. The Hall–Kier alpha value is -3.23. The number of aromatic nitrogens is 2. The lowest BCUT2D eigenvalue weighted by Crippen LogP contribution is -2.38. The highest BCUT2D eigenvalue weighted by molar-refractivity contribution is 6.32. The molecular formula is C29H34ClN5O3. The monoisotopic (exact) mass is 535 g/mol. The number of nitrogens with zero attached hydrogens (tertiary/aromatic N) is 5. The van der Waals surface area contributed by atoms with Gasteiger partial charge < -0.3 is 14.2 Å². The van der Waals surface area contributed by atoms with E-state index in [1.807, 2.05) is 18.2 Å². The van der Waals surface area contributed by atoms with E-state index in [0.29, 0.717) is 40.6 Å². The predicted octanol–water partition coefficient (Wildman–Crippen LogP) is 5.69. The van der Waals surface area contributed by atoms with Gasteiger partial charge in [-0.05, 0) is 31.0 Å². The molecule has 0 unspecified atom stereocenters. The zero-order valence-corrected chi connectivity index (χ0v) is 22.8. The van der Waals surface area contributed by atoms with Crippen molar-refractivity contribution in [2.45, 2.75) is 58.9 Å². The molecule has 0 atom stereocenters. The summed E-state index contributed by atoms with van der Waals surface area (Å²) in [7, 11) is 0. The Labute approximate surface area is 228 Å². The Morgan fingerprint density at radius 2 is 1.74 bits per heavy atom. The lowest BCUT2D eigenvalue weighted by Gasteiger charge is -2.31. The third-order valence-electron chi connectivity index (χ3n) is 7.29. The van der Waals surface area contributed by atoms with Crippen LogP contribution in [0.1, 0.15) is 78.2 Å². The number of benzene rings is 2. The maximum atomic E-state index is 13.6. The van der Waals surface area contributed by atoms with Crippen LogP contribution < -0.4 is 4.90 Å². The summed E-state index contributed by atoms with van der Waals surface area (Å²) in [6.45, 7) is 7.92. The summed E-state index contributed by atoms with van der Waals surface area (Å²) in [5.74, 6) is 0.0298. The number of anilines is 1. The number of imide groups is 1. The fraction of sp³-hybridized carbons (Fsp3) is 0.448. The second-order valence-electron chi connectivity index (χ2n) is 9.79. The van der Waals surface area contributed by atoms with E-state index in [1.165, 1.54) is 6.21 Å². The van der Waals surface area contributed by atoms with Crippen molar-refractivity contribution in [3.63, 3.8) is 0 Å². The molecule has 9 heteroatoms. The largest absolute Gasteiger partial charge is 0.378 e. The van der Waals surface area contributed by atoms with Gasteiger partial charge in [0, 0.05) is 42.5 Å². The van der Waals surface area contributed by atoms with Crippen LogP contribution in [-0.4, -0.2) is 58.9 Å². The van der Waals surface area contributed by atoms with E-state index in [0.717, 1.165) is 80.1 Å². The first-order valence-electron chi connectivity index (χ1n) is 13.6. The number of unbranched alkanes of at least 4 members (excludes halogenated alkanes) is 3. The van der Waals surface area contributed by atoms with Gasteiger partial charge in [0.15, 0.2) is 5.15 Å². The standard InChI is InChI=1S/C29H34ClN5O3/c1-3-5-7-14-34-24(27(30)32-25(34)11-6-4-2)19-31-35-28(36)21-10-8-9-20-23(33-15-17-38-18-16-33)13-12-22(26(20)21)29(35)37/h8-10,12-13,19H,3-7,11,14-18H2,1-2H3/b31-19+. The van der Waals surface area contributed by atoms with Crippen molar-refractivity contribution in [1.82, 2.24) is 14.6 Å². The van der Waals surface area contributed by atoms with Crippen molar-refractivity contribution in [2.75, 3.05) is 31.2 Å². The summed E-state index contributed by atoms with van der Waals surface area (Å²) in [5, 5.41) is 7.26. The van der Waals surface area contributed by atoms with Crippen LogP contribution in [0, 0.1) is 0 Å². The topological polar surface area (TPSA) is 80.0 Å². The van der Waals surface area contributed by atoms with Crippen LogP contribution in [0.2, 0.25) is 5.15 Å². The van der Waals surface area contributed by atoms with Gasteiger partial charge in [-0.25, -0.2) is 4.98 Å². The SMILES string of the molecule is CCCCCn1c(CCCC)nc(Cl)c1/C=N/N1C(=O)c2cccc3c(N4CCOCC4)ccc(c23)C1=O. The Morgan fingerprint density at radius 3 is 2.47 bits per heavy atom. The average molecular weight is 536 g/mol. The number of morpholine rings is 1. The highest BCUT2D eigenvalue weighted by Crippen LogP contribution is 2.36. The quantitative estimate of drug-likeness (QED) is 0.189. The van der Waals surface area contributed by atoms with Gasteiger partial charge in [0.25, 0.3) is 11.8 Å². The van der Waals surface area contributed by atoms with Gasteiger partial charge in [-0.3, -0.25) is 9.59 Å². The number of carbonyl (C=O) groups is 2. The molecule has 38 heavy (non-hydrogen) atoms. The number of hydrazone groups is 1. The van der Waals surface area contributed by atoms with Gasteiger partial charge >= 0.3 is 0 Å². The van der Waals surface area contributed by atoms with Crippen molar-refractivity contribution in [1.29, 1.82) is 0 Å². The number of aryl methyl sites for hydroxylation is 1. The summed E-state index contributed by atoms with van der Waals surface area (Å²) in [6.07, 6.45) is 7.58. The van der Waals surface area contributed by atoms with Crippen LogP contribution in [0.15, 0.2) is 35.4 Å². The Balaban J connectivity index is 1.49. The maximum absolute atomic E-state index is 13.6. The van der Waals surface area contributed by atoms with E-state index in [-0.39, 0.29) is 0 Å². The van der Waals surface area contributed by atoms with E-state index in [9.17, 15) is 9.59 Å². The van der Waals surface area contributed by atoms with Crippen LogP contribution in [-0.2, 0) is 17.7 Å². The first-order valence-corrected chi connectivity index (χ1v) is 14.0. The molecule has 5 rings (SSSR count). The van der Waals surface area contributed by atoms with Crippen LogP contribution >= 0.6 is 11.6 Å². The molecular weight excluding hydrogens is 502 g/mol. The molecule has 8 nitrogen and oxygen atoms in total. The van der Waals surface area contributed by atoms with Crippen molar-refractivity contribution in [2.24, 2.45) is 5.10 Å². The Kier molecular flexibility index (Phi) is 8.09. The summed E-state index contributed by atoms with van der Waals surface area (Å²) in [6, 6.07) is 9.36. The molecule has 3 heterocycles. The third kappa shape index (κ3) is 4.95. The highest BCUT2D eigenvalue weighted by atomic mass is 35.5. The molecule has 0 N–H and O–H groups in total. The van der Waals surface area contributed by atoms with Crippen LogP contribution in [0.4, 0.5) is 5.69 Å².